The molecule has 0 aromatic carbocycles. The molecule has 2 aromatic heterocycles. The van der Waals surface area contributed by atoms with Gasteiger partial charge < -0.3 is 14.4 Å². The van der Waals surface area contributed by atoms with Gasteiger partial charge >= 0.3 is 0 Å². The Morgan fingerprint density at radius 2 is 2.41 bits per heavy atom. The number of carbonyl (C=O) groups excluding carboxylic acids is 1. The number of β-amino-alcohol motifs (C(OH)–C–C–N with tert-alkyl or cyclic N) is 1. The minimum absolute atomic E-state index is 0.188. The number of nitrogens with zero attached hydrogens (tertiary/aromatic N) is 2. The van der Waals surface area contributed by atoms with Crippen LogP contribution in [0.15, 0.2) is 28.3 Å². The second-order valence-corrected chi connectivity index (χ2v) is 4.82. The molecule has 2 aromatic rings. The minimum atomic E-state index is -0.406. The average molecular weight is 250 g/mol. The van der Waals surface area contributed by atoms with E-state index < -0.39 is 6.10 Å². The van der Waals surface area contributed by atoms with Gasteiger partial charge in [-0.05, 0) is 11.4 Å². The van der Waals surface area contributed by atoms with E-state index in [0.717, 1.165) is 4.88 Å². The van der Waals surface area contributed by atoms with Gasteiger partial charge in [0.25, 0.3) is 5.91 Å². The molecule has 0 saturated carbocycles. The Morgan fingerprint density at radius 1 is 1.59 bits per heavy atom. The van der Waals surface area contributed by atoms with Crippen LogP contribution in [0.2, 0.25) is 0 Å². The topological polar surface area (TPSA) is 66.6 Å². The van der Waals surface area contributed by atoms with E-state index in [2.05, 4.69) is 4.98 Å². The molecule has 5 nitrogen and oxygen atoms in total. The monoisotopic (exact) mass is 250 g/mol. The summed E-state index contributed by atoms with van der Waals surface area (Å²) in [6.07, 6.45) is 0.870. The summed E-state index contributed by atoms with van der Waals surface area (Å²) >= 11 is 1.50. The van der Waals surface area contributed by atoms with Crippen LogP contribution in [0.5, 0.6) is 0 Å². The zero-order valence-electron chi connectivity index (χ0n) is 8.87. The molecule has 3 rings (SSSR count). The Kier molecular flexibility index (Phi) is 2.45. The molecular weight excluding hydrogens is 240 g/mol. The summed E-state index contributed by atoms with van der Waals surface area (Å²) in [6, 6.07) is 3.77. The van der Waals surface area contributed by atoms with Crippen LogP contribution >= 0.6 is 11.3 Å². The molecule has 6 heteroatoms. The lowest BCUT2D eigenvalue weighted by Gasteiger charge is -2.35. The second-order valence-electron chi connectivity index (χ2n) is 3.87. The summed E-state index contributed by atoms with van der Waals surface area (Å²) in [7, 11) is 0. The van der Waals surface area contributed by atoms with Gasteiger partial charge in [-0.3, -0.25) is 4.79 Å². The molecule has 1 saturated heterocycles. The number of likely N-dealkylation sites (tertiary alicyclic amines) is 1. The van der Waals surface area contributed by atoms with Crippen LogP contribution in [0.25, 0.3) is 10.6 Å². The van der Waals surface area contributed by atoms with Gasteiger partial charge in [0.2, 0.25) is 0 Å². The van der Waals surface area contributed by atoms with Gasteiger partial charge in [0.05, 0.1) is 11.0 Å². The molecule has 1 N–H and O–H groups in total. The predicted octanol–water partition coefficient (Wildman–Crippen LogP) is 1.22. The number of aromatic nitrogens is 1. The van der Waals surface area contributed by atoms with Crippen molar-refractivity contribution in [3.8, 4) is 10.6 Å². The molecule has 0 aliphatic carbocycles. The van der Waals surface area contributed by atoms with Crippen LogP contribution in [0.3, 0.4) is 0 Å². The standard InChI is InChI=1S/C11H10N2O3S/c14-7-4-13(5-7)11(15)9-10(16-6-12-9)8-2-1-3-17-8/h1-3,6-7,14H,4-5H2. The number of oxazole rings is 1. The highest BCUT2D eigenvalue weighted by molar-refractivity contribution is 7.13. The number of amides is 1. The molecule has 0 atom stereocenters. The first-order valence-corrected chi connectivity index (χ1v) is 6.08. The van der Waals surface area contributed by atoms with Crippen LogP contribution < -0.4 is 0 Å². The first-order valence-electron chi connectivity index (χ1n) is 5.20. The van der Waals surface area contributed by atoms with Gasteiger partial charge in [-0.1, -0.05) is 6.07 Å². The Labute approximate surface area is 101 Å². The number of rotatable bonds is 2. The highest BCUT2D eigenvalue weighted by Crippen LogP contribution is 2.28. The van der Waals surface area contributed by atoms with Crippen molar-refractivity contribution in [2.45, 2.75) is 6.10 Å². The van der Waals surface area contributed by atoms with Gasteiger partial charge in [0.15, 0.2) is 17.8 Å². The summed E-state index contributed by atoms with van der Waals surface area (Å²) in [5, 5.41) is 11.1. The molecule has 1 fully saturated rings. The number of aliphatic hydroxyl groups excluding tert-OH is 1. The smallest absolute Gasteiger partial charge is 0.276 e. The quantitative estimate of drug-likeness (QED) is 0.870. The Balaban J connectivity index is 1.89. The van der Waals surface area contributed by atoms with Crippen molar-refractivity contribution in [1.82, 2.24) is 9.88 Å². The first-order chi connectivity index (χ1) is 8.25. The number of carbonyl (C=O) groups is 1. The molecule has 0 bridgehead atoms. The maximum Gasteiger partial charge on any atom is 0.276 e. The summed E-state index contributed by atoms with van der Waals surface area (Å²) in [5.41, 5.74) is 0.319. The highest BCUT2D eigenvalue weighted by atomic mass is 32.1. The molecule has 0 radical (unpaired) electrons. The van der Waals surface area contributed by atoms with Crippen molar-refractivity contribution in [1.29, 1.82) is 0 Å². The molecular formula is C11H10N2O3S. The zero-order chi connectivity index (χ0) is 11.8. The Hall–Kier alpha value is -1.66. The fourth-order valence-electron chi connectivity index (χ4n) is 1.75. The van der Waals surface area contributed by atoms with Crippen molar-refractivity contribution < 1.29 is 14.3 Å². The van der Waals surface area contributed by atoms with E-state index in [9.17, 15) is 9.90 Å². The Morgan fingerprint density at radius 3 is 3.06 bits per heavy atom. The van der Waals surface area contributed by atoms with Gasteiger partial charge in [-0.2, -0.15) is 0 Å². The van der Waals surface area contributed by atoms with Crippen molar-refractivity contribution in [2.75, 3.05) is 13.1 Å². The first kappa shape index (κ1) is 10.5. The molecule has 0 spiro atoms. The van der Waals surface area contributed by atoms with E-state index in [-0.39, 0.29) is 5.91 Å². The zero-order valence-corrected chi connectivity index (χ0v) is 9.68. The second kappa shape index (κ2) is 3.97. The molecule has 3 heterocycles. The van der Waals surface area contributed by atoms with Gasteiger partial charge in [-0.15, -0.1) is 11.3 Å². The maximum atomic E-state index is 12.0. The van der Waals surface area contributed by atoms with E-state index in [0.29, 0.717) is 24.5 Å². The van der Waals surface area contributed by atoms with Crippen LogP contribution in [-0.2, 0) is 0 Å². The number of thiophene rings is 1. The molecule has 0 unspecified atom stereocenters. The number of aliphatic hydroxyl groups is 1. The van der Waals surface area contributed by atoms with Crippen molar-refractivity contribution in [2.24, 2.45) is 0 Å². The number of hydrogen-bond acceptors (Lipinski definition) is 5. The lowest BCUT2D eigenvalue weighted by atomic mass is 10.1. The SMILES string of the molecule is O=C(c1ncoc1-c1cccs1)N1CC(O)C1. The van der Waals surface area contributed by atoms with E-state index >= 15 is 0 Å². The molecule has 88 valence electrons. The average Bonchev–Trinajstić information content (AvgIpc) is 2.92. The molecule has 17 heavy (non-hydrogen) atoms. The highest BCUT2D eigenvalue weighted by Gasteiger charge is 2.32. The van der Waals surface area contributed by atoms with Crippen LogP contribution in [0.1, 0.15) is 10.5 Å². The molecule has 1 aliphatic heterocycles. The summed E-state index contributed by atoms with van der Waals surface area (Å²) in [6.45, 7) is 0.741. The lowest BCUT2D eigenvalue weighted by Crippen LogP contribution is -2.53. The van der Waals surface area contributed by atoms with E-state index in [4.69, 9.17) is 4.42 Å². The largest absolute Gasteiger partial charge is 0.442 e. The van der Waals surface area contributed by atoms with E-state index in [1.807, 2.05) is 17.5 Å². The minimum Gasteiger partial charge on any atom is -0.442 e. The van der Waals surface area contributed by atoms with E-state index in [1.54, 1.807) is 4.90 Å². The van der Waals surface area contributed by atoms with Gasteiger partial charge in [-0.25, -0.2) is 4.98 Å². The van der Waals surface area contributed by atoms with E-state index in [1.165, 1.54) is 17.7 Å². The fraction of sp³-hybridized carbons (Fsp3) is 0.273. The van der Waals surface area contributed by atoms with Crippen LogP contribution in [0, 0.1) is 0 Å². The summed E-state index contributed by atoms with van der Waals surface area (Å²) < 4.78 is 5.27. The number of hydrogen-bond donors (Lipinski definition) is 1. The predicted molar refractivity (Wildman–Crippen MR) is 61.7 cm³/mol. The Bertz CT molecular complexity index is 529. The molecule has 1 amide bonds. The summed E-state index contributed by atoms with van der Waals surface area (Å²) in [5.74, 6) is 0.318. The maximum absolute atomic E-state index is 12.0. The van der Waals surface area contributed by atoms with Crippen LogP contribution in [-0.4, -0.2) is 40.1 Å². The third kappa shape index (κ3) is 1.75. The van der Waals surface area contributed by atoms with Crippen molar-refractivity contribution in [3.05, 3.63) is 29.6 Å². The summed E-state index contributed by atoms with van der Waals surface area (Å²) in [4.78, 5) is 18.5. The normalized spacial score (nSPS) is 15.9. The van der Waals surface area contributed by atoms with Gasteiger partial charge in [0, 0.05) is 13.1 Å². The third-order valence-corrected chi connectivity index (χ3v) is 3.53. The van der Waals surface area contributed by atoms with Gasteiger partial charge in [0.1, 0.15) is 0 Å². The third-order valence-electron chi connectivity index (χ3n) is 2.66. The molecule has 1 aliphatic rings. The van der Waals surface area contributed by atoms with Crippen molar-refractivity contribution in [3.63, 3.8) is 0 Å². The fourth-order valence-corrected chi connectivity index (χ4v) is 2.46. The lowest BCUT2D eigenvalue weighted by molar-refractivity contribution is 0.00557. The van der Waals surface area contributed by atoms with Crippen molar-refractivity contribution >= 4 is 17.2 Å². The van der Waals surface area contributed by atoms with Crippen LogP contribution in [0.4, 0.5) is 0 Å².